The molecule has 176 valence electrons. The fourth-order valence-electron chi connectivity index (χ4n) is 4.86. The lowest BCUT2D eigenvalue weighted by Gasteiger charge is -2.31. The molecule has 0 spiro atoms. The van der Waals surface area contributed by atoms with Gasteiger partial charge in [-0.15, -0.1) is 11.3 Å². The maximum atomic E-state index is 13.4. The van der Waals surface area contributed by atoms with E-state index in [0.29, 0.717) is 16.8 Å². The Morgan fingerprint density at radius 1 is 1.03 bits per heavy atom. The minimum atomic E-state index is -0.337. The van der Waals surface area contributed by atoms with Crippen LogP contribution in [0.2, 0.25) is 0 Å². The average Bonchev–Trinajstić information content (AvgIpc) is 3.32. The highest BCUT2D eigenvalue weighted by atomic mass is 32.1. The molecule has 0 unspecified atom stereocenters. The summed E-state index contributed by atoms with van der Waals surface area (Å²) in [5.41, 5.74) is 0.828. The second-order valence-electron chi connectivity index (χ2n) is 8.77. The highest BCUT2D eigenvalue weighted by molar-refractivity contribution is 7.17. The van der Waals surface area contributed by atoms with Gasteiger partial charge in [-0.3, -0.25) is 18.7 Å². The van der Waals surface area contributed by atoms with E-state index >= 15 is 0 Å². The normalized spacial score (nSPS) is 18.5. The standard InChI is InChI=1S/C25H30FN3O3S/c1-3-27(4-2)23(30)19-9-5-17(6-10-19)16-29-24(31)22-21(13-14-33-22)28(25(29)32)15-18-7-11-20(26)12-8-18/h7-8,11-14,17,19H,3-6,9-10,15-16H2,1-2H3. The van der Waals surface area contributed by atoms with E-state index in [1.807, 2.05) is 24.1 Å². The highest BCUT2D eigenvalue weighted by Gasteiger charge is 2.29. The third-order valence-electron chi connectivity index (χ3n) is 6.80. The number of fused-ring (bicyclic) bond motifs is 1. The molecule has 6 nitrogen and oxygen atoms in total. The minimum absolute atomic E-state index is 0.0350. The lowest BCUT2D eigenvalue weighted by atomic mass is 9.81. The Morgan fingerprint density at radius 3 is 2.33 bits per heavy atom. The van der Waals surface area contributed by atoms with Crippen molar-refractivity contribution >= 4 is 27.5 Å². The van der Waals surface area contributed by atoms with E-state index < -0.39 is 0 Å². The SMILES string of the molecule is CCN(CC)C(=O)C1CCC(Cn2c(=O)c3sccc3n(Cc3ccc(F)cc3)c2=O)CC1. The van der Waals surface area contributed by atoms with E-state index in [1.165, 1.54) is 28.0 Å². The van der Waals surface area contributed by atoms with Crippen LogP contribution in [0.25, 0.3) is 10.2 Å². The molecule has 4 rings (SSSR count). The van der Waals surface area contributed by atoms with Gasteiger partial charge in [0.25, 0.3) is 5.56 Å². The van der Waals surface area contributed by atoms with Crippen LogP contribution in [0.15, 0.2) is 45.3 Å². The van der Waals surface area contributed by atoms with Gasteiger partial charge in [0.15, 0.2) is 0 Å². The number of aromatic nitrogens is 2. The Kier molecular flexibility index (Phi) is 7.12. The van der Waals surface area contributed by atoms with Gasteiger partial charge in [0.05, 0.1) is 12.1 Å². The van der Waals surface area contributed by atoms with Crippen LogP contribution in [0.4, 0.5) is 4.39 Å². The number of halogens is 1. The molecule has 0 atom stereocenters. The molecule has 0 bridgehead atoms. The topological polar surface area (TPSA) is 64.3 Å². The van der Waals surface area contributed by atoms with Crippen LogP contribution in [0.3, 0.4) is 0 Å². The quantitative estimate of drug-likeness (QED) is 0.522. The van der Waals surface area contributed by atoms with E-state index in [-0.39, 0.29) is 41.4 Å². The van der Waals surface area contributed by atoms with Crippen LogP contribution in [0.1, 0.15) is 45.1 Å². The number of amides is 1. The van der Waals surface area contributed by atoms with Crippen molar-refractivity contribution in [2.45, 2.75) is 52.6 Å². The Labute approximate surface area is 196 Å². The highest BCUT2D eigenvalue weighted by Crippen LogP contribution is 2.31. The van der Waals surface area contributed by atoms with Gasteiger partial charge in [-0.1, -0.05) is 12.1 Å². The smallest absolute Gasteiger partial charge is 0.331 e. The molecule has 1 aromatic carbocycles. The summed E-state index contributed by atoms with van der Waals surface area (Å²) in [4.78, 5) is 41.1. The van der Waals surface area contributed by atoms with E-state index in [2.05, 4.69) is 0 Å². The van der Waals surface area contributed by atoms with Gasteiger partial charge in [0.1, 0.15) is 10.5 Å². The van der Waals surface area contributed by atoms with Crippen LogP contribution in [-0.2, 0) is 17.9 Å². The molecule has 0 saturated heterocycles. The minimum Gasteiger partial charge on any atom is -0.343 e. The monoisotopic (exact) mass is 471 g/mol. The maximum absolute atomic E-state index is 13.4. The predicted molar refractivity (Wildman–Crippen MR) is 129 cm³/mol. The van der Waals surface area contributed by atoms with Crippen LogP contribution in [-0.4, -0.2) is 33.0 Å². The first-order valence-corrected chi connectivity index (χ1v) is 12.5. The summed E-state index contributed by atoms with van der Waals surface area (Å²) in [5, 5.41) is 1.82. The second kappa shape index (κ2) is 10.0. The fraction of sp³-hybridized carbons (Fsp3) is 0.480. The molecule has 8 heteroatoms. The zero-order valence-electron chi connectivity index (χ0n) is 19.1. The van der Waals surface area contributed by atoms with Gasteiger partial charge in [-0.05, 0) is 74.6 Å². The summed E-state index contributed by atoms with van der Waals surface area (Å²) in [6.07, 6.45) is 3.23. The Bertz CT molecular complexity index is 1230. The Morgan fingerprint density at radius 2 is 1.70 bits per heavy atom. The van der Waals surface area contributed by atoms with Crippen molar-refractivity contribution in [1.29, 1.82) is 0 Å². The van der Waals surface area contributed by atoms with Crippen molar-refractivity contribution in [2.24, 2.45) is 11.8 Å². The molecule has 33 heavy (non-hydrogen) atoms. The molecule has 1 fully saturated rings. The van der Waals surface area contributed by atoms with Gasteiger partial charge < -0.3 is 4.90 Å². The van der Waals surface area contributed by atoms with Gasteiger partial charge >= 0.3 is 5.69 Å². The average molecular weight is 472 g/mol. The molecule has 3 aromatic rings. The largest absolute Gasteiger partial charge is 0.343 e. The molecule has 1 aliphatic carbocycles. The molecule has 0 aliphatic heterocycles. The molecule has 2 aromatic heterocycles. The van der Waals surface area contributed by atoms with Gasteiger partial charge in [-0.2, -0.15) is 0 Å². The fourth-order valence-corrected chi connectivity index (χ4v) is 5.71. The zero-order chi connectivity index (χ0) is 23.5. The molecule has 1 amide bonds. The Hall–Kier alpha value is -2.74. The van der Waals surface area contributed by atoms with Crippen molar-refractivity contribution in [3.05, 3.63) is 67.9 Å². The molecule has 1 aliphatic rings. The summed E-state index contributed by atoms with van der Waals surface area (Å²) >= 11 is 1.34. The van der Waals surface area contributed by atoms with Crippen molar-refractivity contribution in [1.82, 2.24) is 14.0 Å². The predicted octanol–water partition coefficient (Wildman–Crippen LogP) is 4.09. The summed E-state index contributed by atoms with van der Waals surface area (Å²) < 4.78 is 16.8. The first kappa shape index (κ1) is 23.4. The Balaban J connectivity index is 1.56. The van der Waals surface area contributed by atoms with Crippen molar-refractivity contribution < 1.29 is 9.18 Å². The molecule has 0 radical (unpaired) electrons. The van der Waals surface area contributed by atoms with Crippen molar-refractivity contribution in [3.8, 4) is 0 Å². The molecule has 1 saturated carbocycles. The third kappa shape index (κ3) is 4.81. The van der Waals surface area contributed by atoms with Gasteiger partial charge in [0.2, 0.25) is 5.91 Å². The van der Waals surface area contributed by atoms with Crippen LogP contribution >= 0.6 is 11.3 Å². The summed E-state index contributed by atoms with van der Waals surface area (Å²) in [5.74, 6) is 0.115. The molecular weight excluding hydrogens is 441 g/mol. The lowest BCUT2D eigenvalue weighted by molar-refractivity contribution is -0.136. The lowest BCUT2D eigenvalue weighted by Crippen LogP contribution is -2.42. The number of thiophene rings is 1. The maximum Gasteiger partial charge on any atom is 0.331 e. The third-order valence-corrected chi connectivity index (χ3v) is 7.69. The first-order valence-electron chi connectivity index (χ1n) is 11.7. The van der Waals surface area contributed by atoms with Crippen LogP contribution in [0.5, 0.6) is 0 Å². The number of carbonyl (C=O) groups excluding carboxylic acids is 1. The summed E-state index contributed by atoms with van der Waals surface area (Å²) in [6, 6.07) is 7.85. The number of hydrogen-bond donors (Lipinski definition) is 0. The van der Waals surface area contributed by atoms with Crippen molar-refractivity contribution in [2.75, 3.05) is 13.1 Å². The van der Waals surface area contributed by atoms with Gasteiger partial charge in [-0.25, -0.2) is 9.18 Å². The van der Waals surface area contributed by atoms with Crippen LogP contribution < -0.4 is 11.2 Å². The number of rotatable bonds is 7. The number of benzene rings is 1. The van der Waals surface area contributed by atoms with E-state index in [9.17, 15) is 18.8 Å². The zero-order valence-corrected chi connectivity index (χ0v) is 19.9. The van der Waals surface area contributed by atoms with Gasteiger partial charge in [0, 0.05) is 25.6 Å². The summed E-state index contributed by atoms with van der Waals surface area (Å²) in [6.45, 7) is 6.07. The molecular formula is C25H30FN3O3S. The summed E-state index contributed by atoms with van der Waals surface area (Å²) in [7, 11) is 0. The van der Waals surface area contributed by atoms with E-state index in [4.69, 9.17) is 0 Å². The number of carbonyl (C=O) groups is 1. The number of nitrogens with zero attached hydrogens (tertiary/aromatic N) is 3. The van der Waals surface area contributed by atoms with Crippen LogP contribution in [0, 0.1) is 17.7 Å². The van der Waals surface area contributed by atoms with Crippen molar-refractivity contribution in [3.63, 3.8) is 0 Å². The second-order valence-corrected chi connectivity index (χ2v) is 9.69. The molecule has 2 heterocycles. The van der Waals surface area contributed by atoms with E-state index in [1.54, 1.807) is 22.8 Å². The number of hydrogen-bond acceptors (Lipinski definition) is 4. The van der Waals surface area contributed by atoms with E-state index in [0.717, 1.165) is 44.3 Å². The molecule has 0 N–H and O–H groups in total. The first-order chi connectivity index (χ1) is 15.9.